The van der Waals surface area contributed by atoms with Crippen LogP contribution in [0.3, 0.4) is 0 Å². The SMILES string of the molecule is COc1cc(C(=O)N2CCc3cc(F)ccc32)cc(N2CCC3(CC2)NC(=O)Nc2ccccc23)n1. The first-order chi connectivity index (χ1) is 17.5. The van der Waals surface area contributed by atoms with Gasteiger partial charge in [-0.3, -0.25) is 4.79 Å². The maximum atomic E-state index is 13.6. The highest BCUT2D eigenvalue weighted by atomic mass is 19.1. The molecule has 6 rings (SSSR count). The molecular weight excluding hydrogens is 461 g/mol. The number of benzene rings is 2. The van der Waals surface area contributed by atoms with Gasteiger partial charge in [-0.05, 0) is 55.2 Å². The molecule has 0 bridgehead atoms. The highest BCUT2D eigenvalue weighted by Crippen LogP contribution is 2.40. The number of nitrogens with one attached hydrogen (secondary N) is 2. The van der Waals surface area contributed by atoms with Crippen LogP contribution >= 0.6 is 0 Å². The number of piperidine rings is 1. The third-order valence-electron chi connectivity index (χ3n) is 7.41. The first kappa shape index (κ1) is 22.3. The minimum absolute atomic E-state index is 0.171. The van der Waals surface area contributed by atoms with Gasteiger partial charge in [-0.1, -0.05) is 18.2 Å². The third-order valence-corrected chi connectivity index (χ3v) is 7.41. The van der Waals surface area contributed by atoms with Crippen LogP contribution in [0.15, 0.2) is 54.6 Å². The lowest BCUT2D eigenvalue weighted by Gasteiger charge is -2.45. The van der Waals surface area contributed by atoms with Crippen molar-refractivity contribution in [3.63, 3.8) is 0 Å². The minimum atomic E-state index is -0.443. The number of methoxy groups -OCH3 is 1. The van der Waals surface area contributed by atoms with E-state index in [9.17, 15) is 14.0 Å². The van der Waals surface area contributed by atoms with E-state index >= 15 is 0 Å². The summed E-state index contributed by atoms with van der Waals surface area (Å²) < 4.78 is 19.1. The monoisotopic (exact) mass is 487 g/mol. The minimum Gasteiger partial charge on any atom is -0.481 e. The molecule has 1 aromatic heterocycles. The Morgan fingerprint density at radius 3 is 2.69 bits per heavy atom. The van der Waals surface area contributed by atoms with E-state index in [0.717, 1.165) is 22.5 Å². The molecule has 3 amide bonds. The lowest BCUT2D eigenvalue weighted by molar-refractivity contribution is 0.0988. The maximum absolute atomic E-state index is 13.6. The molecule has 0 atom stereocenters. The van der Waals surface area contributed by atoms with Crippen LogP contribution in [0.25, 0.3) is 0 Å². The van der Waals surface area contributed by atoms with Crippen molar-refractivity contribution in [3.05, 3.63) is 77.1 Å². The number of amides is 3. The molecule has 9 heteroatoms. The number of rotatable bonds is 3. The maximum Gasteiger partial charge on any atom is 0.319 e. The van der Waals surface area contributed by atoms with Crippen LogP contribution in [0.1, 0.15) is 34.3 Å². The number of anilines is 3. The molecule has 2 N–H and O–H groups in total. The number of ether oxygens (including phenoxy) is 1. The van der Waals surface area contributed by atoms with Crippen LogP contribution in [0.5, 0.6) is 5.88 Å². The Morgan fingerprint density at radius 1 is 1.08 bits per heavy atom. The van der Waals surface area contributed by atoms with Crippen molar-refractivity contribution in [2.45, 2.75) is 24.8 Å². The van der Waals surface area contributed by atoms with Gasteiger partial charge in [0.1, 0.15) is 11.6 Å². The number of hydrogen-bond acceptors (Lipinski definition) is 5. The average Bonchev–Trinajstić information content (AvgIpc) is 3.31. The van der Waals surface area contributed by atoms with Crippen molar-refractivity contribution in [2.24, 2.45) is 0 Å². The van der Waals surface area contributed by atoms with Gasteiger partial charge in [-0.25, -0.2) is 9.18 Å². The number of carbonyl (C=O) groups excluding carboxylic acids is 2. The van der Waals surface area contributed by atoms with E-state index in [1.165, 1.54) is 19.2 Å². The van der Waals surface area contributed by atoms with Crippen LogP contribution in [0.2, 0.25) is 0 Å². The summed E-state index contributed by atoms with van der Waals surface area (Å²) in [4.78, 5) is 34.3. The fraction of sp³-hybridized carbons (Fsp3) is 0.296. The predicted octanol–water partition coefficient (Wildman–Crippen LogP) is 4.06. The van der Waals surface area contributed by atoms with Gasteiger partial charge in [0.05, 0.1) is 12.6 Å². The van der Waals surface area contributed by atoms with Crippen LogP contribution in [-0.2, 0) is 12.0 Å². The lowest BCUT2D eigenvalue weighted by Crippen LogP contribution is -2.57. The molecule has 1 fully saturated rings. The molecule has 0 aliphatic carbocycles. The van der Waals surface area contributed by atoms with Gasteiger partial charge in [-0.15, -0.1) is 0 Å². The van der Waals surface area contributed by atoms with Crippen LogP contribution in [0, 0.1) is 5.82 Å². The molecular formula is C27H26FN5O3. The van der Waals surface area contributed by atoms with Crippen LogP contribution in [0.4, 0.5) is 26.4 Å². The number of carbonyl (C=O) groups is 2. The van der Waals surface area contributed by atoms with Crippen molar-refractivity contribution in [1.82, 2.24) is 10.3 Å². The van der Waals surface area contributed by atoms with Gasteiger partial charge in [0, 0.05) is 48.2 Å². The zero-order chi connectivity index (χ0) is 24.9. The molecule has 3 aliphatic heterocycles. The summed E-state index contributed by atoms with van der Waals surface area (Å²) in [6.45, 7) is 1.79. The van der Waals surface area contributed by atoms with E-state index in [2.05, 4.69) is 26.6 Å². The molecule has 3 aliphatic rings. The summed E-state index contributed by atoms with van der Waals surface area (Å²) in [6, 6.07) is 15.6. The van der Waals surface area contributed by atoms with Gasteiger partial charge >= 0.3 is 6.03 Å². The second-order valence-electron chi connectivity index (χ2n) is 9.43. The van der Waals surface area contributed by atoms with E-state index in [1.807, 2.05) is 18.2 Å². The summed E-state index contributed by atoms with van der Waals surface area (Å²) >= 11 is 0. The number of pyridine rings is 1. The smallest absolute Gasteiger partial charge is 0.319 e. The van der Waals surface area contributed by atoms with Crippen molar-refractivity contribution < 1.29 is 18.7 Å². The van der Waals surface area contributed by atoms with E-state index in [4.69, 9.17) is 4.74 Å². The predicted molar refractivity (Wildman–Crippen MR) is 134 cm³/mol. The number of halogens is 1. The van der Waals surface area contributed by atoms with Crippen LogP contribution in [-0.4, -0.2) is 43.7 Å². The Bertz CT molecular complexity index is 1370. The van der Waals surface area contributed by atoms with Crippen molar-refractivity contribution in [3.8, 4) is 5.88 Å². The first-order valence-corrected chi connectivity index (χ1v) is 12.1. The van der Waals surface area contributed by atoms with E-state index in [0.29, 0.717) is 56.2 Å². The molecule has 0 saturated carbocycles. The number of fused-ring (bicyclic) bond motifs is 3. The molecule has 2 aromatic carbocycles. The zero-order valence-corrected chi connectivity index (χ0v) is 19.9. The molecule has 0 unspecified atom stereocenters. The fourth-order valence-corrected chi connectivity index (χ4v) is 5.58. The molecule has 8 nitrogen and oxygen atoms in total. The van der Waals surface area contributed by atoms with E-state index in [1.54, 1.807) is 23.1 Å². The Hall–Kier alpha value is -4.14. The Morgan fingerprint density at radius 2 is 1.89 bits per heavy atom. The Labute approximate surface area is 208 Å². The van der Waals surface area contributed by atoms with Gasteiger partial charge in [0.2, 0.25) is 5.88 Å². The molecule has 0 radical (unpaired) electrons. The highest BCUT2D eigenvalue weighted by molar-refractivity contribution is 6.07. The largest absolute Gasteiger partial charge is 0.481 e. The summed E-state index contributed by atoms with van der Waals surface area (Å²) in [6.07, 6.45) is 2.01. The molecule has 1 spiro atoms. The number of urea groups is 1. The molecule has 1 saturated heterocycles. The first-order valence-electron chi connectivity index (χ1n) is 12.1. The molecule has 184 valence electrons. The van der Waals surface area contributed by atoms with Gasteiger partial charge < -0.3 is 25.2 Å². The topological polar surface area (TPSA) is 86.8 Å². The lowest BCUT2D eigenvalue weighted by atomic mass is 9.79. The van der Waals surface area contributed by atoms with Gasteiger partial charge in [0.25, 0.3) is 5.91 Å². The Kier molecular flexibility index (Phi) is 5.28. The third kappa shape index (κ3) is 3.71. The summed E-state index contributed by atoms with van der Waals surface area (Å²) in [7, 11) is 1.53. The molecule has 3 aromatic rings. The Balaban J connectivity index is 1.26. The van der Waals surface area contributed by atoms with E-state index < -0.39 is 5.54 Å². The van der Waals surface area contributed by atoms with E-state index in [-0.39, 0.29) is 17.8 Å². The normalized spacial score (nSPS) is 17.8. The fourth-order valence-electron chi connectivity index (χ4n) is 5.58. The molecule has 36 heavy (non-hydrogen) atoms. The summed E-state index contributed by atoms with van der Waals surface area (Å²) in [5.74, 6) is 0.538. The van der Waals surface area contributed by atoms with Crippen molar-refractivity contribution >= 4 is 29.1 Å². The van der Waals surface area contributed by atoms with Crippen molar-refractivity contribution in [2.75, 3.05) is 41.9 Å². The number of nitrogens with zero attached hydrogens (tertiary/aromatic N) is 3. The van der Waals surface area contributed by atoms with Crippen LogP contribution < -0.4 is 25.2 Å². The summed E-state index contributed by atoms with van der Waals surface area (Å²) in [5.41, 5.74) is 3.52. The number of para-hydroxylation sites is 1. The van der Waals surface area contributed by atoms with Gasteiger partial charge in [-0.2, -0.15) is 4.98 Å². The standard InChI is InChI=1S/C27H26FN5O3/c1-36-24-16-18(25(34)33-11-8-17-14-19(28)6-7-22(17)33)15-23(30-24)32-12-9-27(10-13-32)20-4-2-3-5-21(20)29-26(35)31-27/h2-7,14-16H,8-13H2,1H3,(H2,29,31,35). The average molecular weight is 488 g/mol. The second kappa shape index (κ2) is 8.51. The molecule has 4 heterocycles. The van der Waals surface area contributed by atoms with Gasteiger partial charge in [0.15, 0.2) is 0 Å². The zero-order valence-electron chi connectivity index (χ0n) is 19.9. The number of aromatic nitrogens is 1. The second-order valence-corrected chi connectivity index (χ2v) is 9.43. The highest BCUT2D eigenvalue weighted by Gasteiger charge is 2.42. The number of hydrogen-bond donors (Lipinski definition) is 2. The van der Waals surface area contributed by atoms with Crippen molar-refractivity contribution in [1.29, 1.82) is 0 Å². The quantitative estimate of drug-likeness (QED) is 0.582. The summed E-state index contributed by atoms with van der Waals surface area (Å²) in [5, 5.41) is 6.04.